The lowest BCUT2D eigenvalue weighted by Gasteiger charge is -2.27. The van der Waals surface area contributed by atoms with Crippen LogP contribution >= 0.6 is 0 Å². The van der Waals surface area contributed by atoms with Gasteiger partial charge in [0, 0.05) is 31.6 Å². The van der Waals surface area contributed by atoms with E-state index in [4.69, 9.17) is 10.2 Å². The van der Waals surface area contributed by atoms with Gasteiger partial charge >= 0.3 is 0 Å². The number of hydrogen-bond donors (Lipinski definition) is 1. The quantitative estimate of drug-likeness (QED) is 0.871. The molecular weight excluding hydrogens is 262 g/mol. The Kier molecular flexibility index (Phi) is 5.95. The first kappa shape index (κ1) is 17.2. The molecule has 0 unspecified atom stereocenters. The van der Waals surface area contributed by atoms with Gasteiger partial charge in [0.05, 0.1) is 12.5 Å². The van der Waals surface area contributed by atoms with E-state index in [2.05, 4.69) is 55.9 Å². The lowest BCUT2D eigenvalue weighted by atomic mass is 9.96. The summed E-state index contributed by atoms with van der Waals surface area (Å²) in [5, 5.41) is 12.0. The minimum absolute atomic E-state index is 0.111. The summed E-state index contributed by atoms with van der Waals surface area (Å²) in [5.74, 6) is 3.03. The molecule has 0 atom stereocenters. The Balaban J connectivity index is 3.19. The molecule has 1 N–H and O–H groups in total. The number of anilines is 2. The summed E-state index contributed by atoms with van der Waals surface area (Å²) >= 11 is 0. The number of nitrogens with zero attached hydrogens (tertiary/aromatic N) is 4. The largest absolute Gasteiger partial charge is 0.373 e. The number of aromatic nitrogens is 2. The molecule has 116 valence electrons. The van der Waals surface area contributed by atoms with Crippen LogP contribution in [0, 0.1) is 17.2 Å². The maximum Gasteiger partial charge on any atom is 0.138 e. The topological polar surface area (TPSA) is 64.8 Å². The molecule has 0 saturated heterocycles. The van der Waals surface area contributed by atoms with Crippen molar-refractivity contribution in [2.45, 2.75) is 46.5 Å². The van der Waals surface area contributed by atoms with E-state index < -0.39 is 0 Å². The van der Waals surface area contributed by atoms with Crippen LogP contribution in [0.5, 0.6) is 0 Å². The molecule has 0 aliphatic rings. The summed E-state index contributed by atoms with van der Waals surface area (Å²) in [6.07, 6.45) is 0.496. The van der Waals surface area contributed by atoms with E-state index in [0.29, 0.717) is 18.9 Å². The first-order valence-electron chi connectivity index (χ1n) is 7.47. The summed E-state index contributed by atoms with van der Waals surface area (Å²) in [6, 6.07) is 4.17. The van der Waals surface area contributed by atoms with Crippen LogP contribution < -0.4 is 10.2 Å². The van der Waals surface area contributed by atoms with Gasteiger partial charge in [-0.15, -0.1) is 0 Å². The van der Waals surface area contributed by atoms with Crippen molar-refractivity contribution in [3.05, 3.63) is 11.9 Å². The predicted molar refractivity (Wildman–Crippen MR) is 87.6 cm³/mol. The van der Waals surface area contributed by atoms with Crippen LogP contribution in [0.15, 0.2) is 6.07 Å². The first-order chi connectivity index (χ1) is 9.77. The summed E-state index contributed by atoms with van der Waals surface area (Å²) in [4.78, 5) is 11.4. The lowest BCUT2D eigenvalue weighted by Crippen LogP contribution is -2.30. The number of nitriles is 1. The van der Waals surface area contributed by atoms with Crippen LogP contribution in [0.1, 0.15) is 46.9 Å². The Morgan fingerprint density at radius 1 is 1.33 bits per heavy atom. The molecule has 0 saturated carbocycles. The predicted octanol–water partition coefficient (Wildman–Crippen LogP) is 3.19. The molecule has 0 radical (unpaired) electrons. The molecule has 5 nitrogen and oxygen atoms in total. The van der Waals surface area contributed by atoms with E-state index in [9.17, 15) is 0 Å². The van der Waals surface area contributed by atoms with Gasteiger partial charge in [-0.25, -0.2) is 9.97 Å². The van der Waals surface area contributed by atoms with Gasteiger partial charge in [0.15, 0.2) is 0 Å². The molecule has 1 rings (SSSR count). The van der Waals surface area contributed by atoms with Gasteiger partial charge in [0.1, 0.15) is 17.5 Å². The summed E-state index contributed by atoms with van der Waals surface area (Å²) in [6.45, 7) is 12.2. The highest BCUT2D eigenvalue weighted by Crippen LogP contribution is 2.24. The van der Waals surface area contributed by atoms with Gasteiger partial charge in [0.2, 0.25) is 0 Å². The van der Waals surface area contributed by atoms with Crippen molar-refractivity contribution in [3.63, 3.8) is 0 Å². The minimum atomic E-state index is -0.111. The summed E-state index contributed by atoms with van der Waals surface area (Å²) in [5.41, 5.74) is -0.111. The maximum atomic E-state index is 8.86. The van der Waals surface area contributed by atoms with Crippen molar-refractivity contribution < 1.29 is 0 Å². The Bertz CT molecular complexity index is 496. The molecule has 21 heavy (non-hydrogen) atoms. The van der Waals surface area contributed by atoms with Crippen molar-refractivity contribution in [1.29, 1.82) is 5.26 Å². The molecule has 0 aliphatic heterocycles. The molecule has 1 heterocycles. The molecule has 1 aromatic rings. The van der Waals surface area contributed by atoms with E-state index in [1.165, 1.54) is 0 Å². The van der Waals surface area contributed by atoms with Gasteiger partial charge in [0.25, 0.3) is 0 Å². The van der Waals surface area contributed by atoms with Crippen LogP contribution in [0.3, 0.4) is 0 Å². The van der Waals surface area contributed by atoms with Crippen LogP contribution in [0.2, 0.25) is 0 Å². The van der Waals surface area contributed by atoms with E-state index in [1.54, 1.807) is 0 Å². The van der Waals surface area contributed by atoms with Crippen LogP contribution in [-0.2, 0) is 5.41 Å². The van der Waals surface area contributed by atoms with Gasteiger partial charge in [-0.3, -0.25) is 0 Å². The van der Waals surface area contributed by atoms with Gasteiger partial charge < -0.3 is 10.2 Å². The Morgan fingerprint density at radius 3 is 2.48 bits per heavy atom. The second kappa shape index (κ2) is 7.26. The van der Waals surface area contributed by atoms with Crippen molar-refractivity contribution in [1.82, 2.24) is 9.97 Å². The normalized spacial score (nSPS) is 11.3. The number of nitrogens with one attached hydrogen (secondary N) is 1. The molecule has 0 amide bonds. The zero-order valence-electron chi connectivity index (χ0n) is 14.1. The smallest absolute Gasteiger partial charge is 0.138 e. The molecule has 0 aromatic carbocycles. The van der Waals surface area contributed by atoms with Crippen molar-refractivity contribution in [3.8, 4) is 6.07 Å². The Morgan fingerprint density at radius 2 is 2.00 bits per heavy atom. The zero-order valence-corrected chi connectivity index (χ0v) is 14.1. The molecule has 0 bridgehead atoms. The maximum absolute atomic E-state index is 8.86. The van der Waals surface area contributed by atoms with Crippen LogP contribution in [-0.4, -0.2) is 30.1 Å². The Labute approximate surface area is 128 Å². The number of hydrogen-bond acceptors (Lipinski definition) is 5. The molecule has 0 aliphatic carbocycles. The summed E-state index contributed by atoms with van der Waals surface area (Å²) < 4.78 is 0. The van der Waals surface area contributed by atoms with Gasteiger partial charge in [-0.2, -0.15) is 5.26 Å². The average molecular weight is 289 g/mol. The number of rotatable bonds is 6. The minimum Gasteiger partial charge on any atom is -0.373 e. The monoisotopic (exact) mass is 289 g/mol. The van der Waals surface area contributed by atoms with Crippen molar-refractivity contribution in [2.24, 2.45) is 5.92 Å². The van der Waals surface area contributed by atoms with Crippen LogP contribution in [0.25, 0.3) is 0 Å². The fraction of sp³-hybridized carbons (Fsp3) is 0.688. The second-order valence-corrected chi connectivity index (χ2v) is 6.68. The third kappa shape index (κ3) is 5.22. The molecule has 5 heteroatoms. The van der Waals surface area contributed by atoms with E-state index in [0.717, 1.165) is 24.0 Å². The summed E-state index contributed by atoms with van der Waals surface area (Å²) in [7, 11) is 1.86. The van der Waals surface area contributed by atoms with Gasteiger partial charge in [-0.05, 0) is 5.92 Å². The molecule has 1 aromatic heterocycles. The SMILES string of the molecule is CNc1cc(N(CCC#N)CC(C)C)nc(C(C)(C)C)n1. The Hall–Kier alpha value is -1.83. The third-order valence-electron chi connectivity index (χ3n) is 3.04. The highest BCUT2D eigenvalue weighted by Gasteiger charge is 2.21. The zero-order chi connectivity index (χ0) is 16.0. The molecule has 0 fully saturated rings. The fourth-order valence-corrected chi connectivity index (χ4v) is 1.99. The van der Waals surface area contributed by atoms with Crippen LogP contribution in [0.4, 0.5) is 11.6 Å². The highest BCUT2D eigenvalue weighted by atomic mass is 15.2. The van der Waals surface area contributed by atoms with Gasteiger partial charge in [-0.1, -0.05) is 34.6 Å². The van der Waals surface area contributed by atoms with Crippen molar-refractivity contribution in [2.75, 3.05) is 30.4 Å². The third-order valence-corrected chi connectivity index (χ3v) is 3.04. The first-order valence-corrected chi connectivity index (χ1v) is 7.47. The lowest BCUT2D eigenvalue weighted by molar-refractivity contribution is 0.541. The van der Waals surface area contributed by atoms with E-state index in [1.807, 2.05) is 13.1 Å². The molecular formula is C16H27N5. The second-order valence-electron chi connectivity index (χ2n) is 6.68. The van der Waals surface area contributed by atoms with E-state index >= 15 is 0 Å². The average Bonchev–Trinajstić information content (AvgIpc) is 2.41. The highest BCUT2D eigenvalue weighted by molar-refractivity contribution is 5.50. The van der Waals surface area contributed by atoms with E-state index in [-0.39, 0.29) is 5.41 Å². The van der Waals surface area contributed by atoms with Crippen molar-refractivity contribution >= 4 is 11.6 Å². The molecule has 0 spiro atoms. The standard InChI is InChI=1S/C16H27N5/c1-12(2)11-21(9-7-8-17)14-10-13(18-6)19-15(20-14)16(3,4)5/h10,12H,7,9,11H2,1-6H3,(H,18,19,20). The fourth-order valence-electron chi connectivity index (χ4n) is 1.99.